The van der Waals surface area contributed by atoms with Crippen molar-refractivity contribution in [2.24, 2.45) is 0 Å². The molecule has 1 fully saturated rings. The van der Waals surface area contributed by atoms with E-state index in [9.17, 15) is 4.79 Å². The molecule has 0 saturated carbocycles. The van der Waals surface area contributed by atoms with Crippen LogP contribution in [-0.2, 0) is 6.54 Å². The van der Waals surface area contributed by atoms with Crippen molar-refractivity contribution in [3.8, 4) is 5.82 Å². The summed E-state index contributed by atoms with van der Waals surface area (Å²) in [7, 11) is 0. The number of carbonyl (C=O) groups is 1. The van der Waals surface area contributed by atoms with Crippen LogP contribution in [0.1, 0.15) is 27.3 Å². The fourth-order valence-corrected chi connectivity index (χ4v) is 4.79. The maximum absolute atomic E-state index is 13.0. The van der Waals surface area contributed by atoms with Crippen molar-refractivity contribution in [3.05, 3.63) is 108 Å². The number of hydrogen-bond donors (Lipinski definition) is 1. The van der Waals surface area contributed by atoms with Gasteiger partial charge in [-0.05, 0) is 61.9 Å². The van der Waals surface area contributed by atoms with Crippen LogP contribution in [-0.4, -0.2) is 46.5 Å². The van der Waals surface area contributed by atoms with Gasteiger partial charge in [0.15, 0.2) is 0 Å². The van der Waals surface area contributed by atoms with E-state index in [-0.39, 0.29) is 5.91 Å². The third-order valence-electron chi connectivity index (χ3n) is 6.67. The Hall–Kier alpha value is -3.90. The molecule has 3 heterocycles. The van der Waals surface area contributed by atoms with Crippen molar-refractivity contribution in [1.29, 1.82) is 0 Å². The first-order valence-electron chi connectivity index (χ1n) is 12.1. The van der Waals surface area contributed by atoms with Gasteiger partial charge in [-0.25, -0.2) is 4.98 Å². The highest BCUT2D eigenvalue weighted by Gasteiger charge is 2.19. The average Bonchev–Trinajstić information content (AvgIpc) is 3.20. The molecule has 178 valence electrons. The van der Waals surface area contributed by atoms with Gasteiger partial charge in [-0.1, -0.05) is 36.4 Å². The number of pyridine rings is 1. The van der Waals surface area contributed by atoms with Crippen molar-refractivity contribution < 1.29 is 4.79 Å². The van der Waals surface area contributed by atoms with Crippen molar-refractivity contribution >= 4 is 17.3 Å². The summed E-state index contributed by atoms with van der Waals surface area (Å²) in [6.07, 6.45) is 1.76. The molecule has 1 amide bonds. The van der Waals surface area contributed by atoms with Crippen LogP contribution >= 0.6 is 0 Å². The van der Waals surface area contributed by atoms with Gasteiger partial charge in [0, 0.05) is 61.7 Å². The minimum absolute atomic E-state index is 0.109. The van der Waals surface area contributed by atoms with Gasteiger partial charge in [0.2, 0.25) is 0 Å². The van der Waals surface area contributed by atoms with Gasteiger partial charge in [-0.3, -0.25) is 9.69 Å². The van der Waals surface area contributed by atoms with Gasteiger partial charge in [0.05, 0.1) is 5.56 Å². The molecular formula is C29H31N5O. The van der Waals surface area contributed by atoms with E-state index >= 15 is 0 Å². The molecule has 2 aromatic carbocycles. The van der Waals surface area contributed by atoms with E-state index < -0.39 is 0 Å². The Bertz CT molecular complexity index is 1270. The molecule has 1 saturated heterocycles. The molecule has 0 spiro atoms. The highest BCUT2D eigenvalue weighted by atomic mass is 16.1. The molecule has 6 nitrogen and oxygen atoms in total. The highest BCUT2D eigenvalue weighted by Crippen LogP contribution is 2.23. The SMILES string of the molecule is Cc1cc(C(=O)Nc2ccc(N3CCN(Cc4ccccc4)CC3)cc2)c(C)n1-c1ccccn1. The molecule has 1 aliphatic rings. The van der Waals surface area contributed by atoms with Crippen LogP contribution in [0.5, 0.6) is 0 Å². The number of piperazine rings is 1. The topological polar surface area (TPSA) is 53.4 Å². The van der Waals surface area contributed by atoms with Gasteiger partial charge in [-0.2, -0.15) is 0 Å². The second-order valence-electron chi connectivity index (χ2n) is 9.06. The lowest BCUT2D eigenvalue weighted by atomic mass is 10.2. The number of rotatable bonds is 6. The predicted octanol–water partition coefficient (Wildman–Crippen LogP) is 5.06. The zero-order valence-electron chi connectivity index (χ0n) is 20.3. The number of aromatic nitrogens is 2. The lowest BCUT2D eigenvalue weighted by molar-refractivity contribution is 0.102. The third kappa shape index (κ3) is 5.12. The smallest absolute Gasteiger partial charge is 0.257 e. The van der Waals surface area contributed by atoms with Gasteiger partial charge >= 0.3 is 0 Å². The highest BCUT2D eigenvalue weighted by molar-refractivity contribution is 6.05. The first-order valence-corrected chi connectivity index (χ1v) is 12.1. The van der Waals surface area contributed by atoms with Gasteiger partial charge < -0.3 is 14.8 Å². The van der Waals surface area contributed by atoms with Crippen molar-refractivity contribution in [3.63, 3.8) is 0 Å². The van der Waals surface area contributed by atoms with Crippen LogP contribution in [0, 0.1) is 13.8 Å². The summed E-state index contributed by atoms with van der Waals surface area (Å²) in [5.41, 5.74) is 5.87. The number of aryl methyl sites for hydroxylation is 1. The van der Waals surface area contributed by atoms with E-state index in [1.807, 2.05) is 54.8 Å². The fraction of sp³-hybridized carbons (Fsp3) is 0.241. The molecule has 35 heavy (non-hydrogen) atoms. The Labute approximate surface area is 206 Å². The van der Waals surface area contributed by atoms with Crippen LogP contribution in [0.4, 0.5) is 11.4 Å². The third-order valence-corrected chi connectivity index (χ3v) is 6.67. The Morgan fingerprint density at radius 3 is 2.29 bits per heavy atom. The molecule has 1 aliphatic heterocycles. The summed E-state index contributed by atoms with van der Waals surface area (Å²) < 4.78 is 2.01. The van der Waals surface area contributed by atoms with Gasteiger partial charge in [-0.15, -0.1) is 0 Å². The Morgan fingerprint density at radius 2 is 1.60 bits per heavy atom. The maximum atomic E-state index is 13.0. The molecule has 5 rings (SSSR count). The zero-order chi connectivity index (χ0) is 24.2. The molecule has 0 unspecified atom stereocenters. The van der Waals surface area contributed by atoms with Crippen LogP contribution in [0.25, 0.3) is 5.82 Å². The minimum Gasteiger partial charge on any atom is -0.369 e. The predicted molar refractivity (Wildman–Crippen MR) is 141 cm³/mol. The van der Waals surface area contributed by atoms with Gasteiger partial charge in [0.1, 0.15) is 5.82 Å². The molecule has 0 aliphatic carbocycles. The monoisotopic (exact) mass is 465 g/mol. The summed E-state index contributed by atoms with van der Waals surface area (Å²) in [6, 6.07) is 26.5. The van der Waals surface area contributed by atoms with Crippen LogP contribution in [0.15, 0.2) is 85.1 Å². The van der Waals surface area contributed by atoms with Crippen molar-refractivity contribution in [1.82, 2.24) is 14.5 Å². The number of benzene rings is 2. The maximum Gasteiger partial charge on any atom is 0.257 e. The van der Waals surface area contributed by atoms with E-state index in [0.717, 1.165) is 55.6 Å². The van der Waals surface area contributed by atoms with E-state index in [4.69, 9.17) is 0 Å². The molecule has 4 aromatic rings. The van der Waals surface area contributed by atoms with E-state index in [1.165, 1.54) is 11.3 Å². The van der Waals surface area contributed by atoms with E-state index in [1.54, 1.807) is 6.20 Å². The summed E-state index contributed by atoms with van der Waals surface area (Å²) >= 11 is 0. The molecule has 0 atom stereocenters. The zero-order valence-corrected chi connectivity index (χ0v) is 20.3. The van der Waals surface area contributed by atoms with Crippen molar-refractivity contribution in [2.75, 3.05) is 36.4 Å². The average molecular weight is 466 g/mol. The minimum atomic E-state index is -0.109. The quantitative estimate of drug-likeness (QED) is 0.432. The van der Waals surface area contributed by atoms with Crippen LogP contribution < -0.4 is 10.2 Å². The van der Waals surface area contributed by atoms with Crippen LogP contribution in [0.2, 0.25) is 0 Å². The molecule has 0 radical (unpaired) electrons. The summed E-state index contributed by atoms with van der Waals surface area (Å²) in [6.45, 7) is 9.03. The van der Waals surface area contributed by atoms with Crippen LogP contribution in [0.3, 0.4) is 0 Å². The molecular weight excluding hydrogens is 434 g/mol. The molecule has 2 aromatic heterocycles. The second-order valence-corrected chi connectivity index (χ2v) is 9.06. The Balaban J connectivity index is 1.20. The molecule has 1 N–H and O–H groups in total. The number of hydrogen-bond acceptors (Lipinski definition) is 4. The summed E-state index contributed by atoms with van der Waals surface area (Å²) in [4.78, 5) is 22.4. The van der Waals surface area contributed by atoms with Crippen molar-refractivity contribution in [2.45, 2.75) is 20.4 Å². The first kappa shape index (κ1) is 22.9. The van der Waals surface area contributed by atoms with Gasteiger partial charge in [0.25, 0.3) is 5.91 Å². The number of nitrogens with zero attached hydrogens (tertiary/aromatic N) is 4. The lowest BCUT2D eigenvalue weighted by Gasteiger charge is -2.36. The Morgan fingerprint density at radius 1 is 0.886 bits per heavy atom. The standard InChI is InChI=1S/C29H31N5O/c1-22-20-27(23(2)34(22)28-10-6-7-15-30-28)29(35)31-25-11-13-26(14-12-25)33-18-16-32(17-19-33)21-24-8-4-3-5-9-24/h3-15,20H,16-19,21H2,1-2H3,(H,31,35). The number of carbonyl (C=O) groups excluding carboxylic acids is 1. The number of anilines is 2. The van der Waals surface area contributed by atoms with E-state index in [2.05, 4.69) is 62.6 Å². The number of amides is 1. The number of nitrogens with one attached hydrogen (secondary N) is 1. The molecule has 0 bridgehead atoms. The summed E-state index contributed by atoms with van der Waals surface area (Å²) in [5, 5.41) is 3.06. The van der Waals surface area contributed by atoms with E-state index in [0.29, 0.717) is 5.56 Å². The first-order chi connectivity index (χ1) is 17.1. The largest absolute Gasteiger partial charge is 0.369 e. The Kier molecular flexibility index (Phi) is 6.64. The molecule has 6 heteroatoms. The normalized spacial score (nSPS) is 14.2. The fourth-order valence-electron chi connectivity index (χ4n) is 4.79. The second kappa shape index (κ2) is 10.2. The lowest BCUT2D eigenvalue weighted by Crippen LogP contribution is -2.45. The summed E-state index contributed by atoms with van der Waals surface area (Å²) in [5.74, 6) is 0.706.